The van der Waals surface area contributed by atoms with E-state index in [0.29, 0.717) is 6.08 Å². The second-order valence-corrected chi connectivity index (χ2v) is 3.22. The molecule has 78 valence electrons. The molecule has 0 amide bonds. The maximum atomic E-state index is 13.6. The third-order valence-electron chi connectivity index (χ3n) is 2.21. The zero-order valence-electron chi connectivity index (χ0n) is 7.31. The van der Waals surface area contributed by atoms with E-state index < -0.39 is 23.3 Å². The van der Waals surface area contributed by atoms with Crippen LogP contribution in [-0.2, 0) is 4.79 Å². The van der Waals surface area contributed by atoms with Crippen LogP contribution >= 0.6 is 0 Å². The summed E-state index contributed by atoms with van der Waals surface area (Å²) in [5.74, 6) is -2.25. The van der Waals surface area contributed by atoms with Crippen LogP contribution in [0.3, 0.4) is 0 Å². The standard InChI is InChI=1S/C9H8F4O/c1-8(10)6(5-14)3-2-4-7(8)9(11,12)13/h2-5,7H,1H3. The number of hydrogen-bond donors (Lipinski definition) is 0. The van der Waals surface area contributed by atoms with E-state index >= 15 is 0 Å². The molecule has 0 aromatic heterocycles. The summed E-state index contributed by atoms with van der Waals surface area (Å²) >= 11 is 0. The van der Waals surface area contributed by atoms with Gasteiger partial charge in [-0.2, -0.15) is 13.2 Å². The third kappa shape index (κ3) is 1.71. The van der Waals surface area contributed by atoms with Crippen molar-refractivity contribution in [1.29, 1.82) is 0 Å². The number of hydrogen-bond acceptors (Lipinski definition) is 1. The highest BCUT2D eigenvalue weighted by molar-refractivity contribution is 5.77. The first-order valence-corrected chi connectivity index (χ1v) is 3.90. The van der Waals surface area contributed by atoms with Crippen molar-refractivity contribution in [1.82, 2.24) is 0 Å². The van der Waals surface area contributed by atoms with E-state index in [1.165, 1.54) is 0 Å². The quantitative estimate of drug-likeness (QED) is 0.478. The highest BCUT2D eigenvalue weighted by Gasteiger charge is 2.52. The molecule has 0 N–H and O–H groups in total. The molecule has 0 saturated heterocycles. The molecule has 0 heterocycles. The lowest BCUT2D eigenvalue weighted by atomic mass is 9.81. The Hall–Kier alpha value is -1.13. The highest BCUT2D eigenvalue weighted by atomic mass is 19.4. The Balaban J connectivity index is 3.10. The Kier molecular flexibility index (Phi) is 2.52. The Bertz CT molecular complexity index is 298. The van der Waals surface area contributed by atoms with Gasteiger partial charge in [-0.25, -0.2) is 4.39 Å². The third-order valence-corrected chi connectivity index (χ3v) is 2.21. The van der Waals surface area contributed by atoms with Crippen molar-refractivity contribution in [2.75, 3.05) is 0 Å². The summed E-state index contributed by atoms with van der Waals surface area (Å²) in [5.41, 5.74) is -3.16. The van der Waals surface area contributed by atoms with Gasteiger partial charge in [0.25, 0.3) is 0 Å². The Morgan fingerprint density at radius 2 is 2.07 bits per heavy atom. The monoisotopic (exact) mass is 208 g/mol. The second-order valence-electron chi connectivity index (χ2n) is 3.22. The molecule has 0 radical (unpaired) electrons. The van der Waals surface area contributed by atoms with Gasteiger partial charge < -0.3 is 0 Å². The minimum Gasteiger partial charge on any atom is -0.298 e. The molecule has 0 spiro atoms. The van der Waals surface area contributed by atoms with Gasteiger partial charge in [-0.15, -0.1) is 0 Å². The molecule has 0 bridgehead atoms. The molecule has 1 aliphatic rings. The van der Waals surface area contributed by atoms with Crippen LogP contribution in [0.5, 0.6) is 0 Å². The molecule has 1 aliphatic carbocycles. The summed E-state index contributed by atoms with van der Waals surface area (Å²) in [6.07, 6.45) is -1.75. The lowest BCUT2D eigenvalue weighted by molar-refractivity contribution is -0.186. The topological polar surface area (TPSA) is 17.1 Å². The fraction of sp³-hybridized carbons (Fsp3) is 0.444. The van der Waals surface area contributed by atoms with Gasteiger partial charge >= 0.3 is 6.18 Å². The van der Waals surface area contributed by atoms with Gasteiger partial charge in [-0.3, -0.25) is 4.79 Å². The van der Waals surface area contributed by atoms with Crippen LogP contribution in [-0.4, -0.2) is 18.1 Å². The van der Waals surface area contributed by atoms with Crippen LogP contribution in [0, 0.1) is 5.92 Å². The summed E-state index contributed by atoms with van der Waals surface area (Å²) in [7, 11) is 0. The van der Waals surface area contributed by atoms with E-state index in [1.54, 1.807) is 0 Å². The van der Waals surface area contributed by atoms with Crippen LogP contribution in [0.2, 0.25) is 0 Å². The molecule has 1 rings (SSSR count). The lowest BCUT2D eigenvalue weighted by Crippen LogP contribution is -2.42. The van der Waals surface area contributed by atoms with Crippen molar-refractivity contribution < 1.29 is 22.4 Å². The number of carbonyl (C=O) groups excluding carboxylic acids is 1. The molecule has 1 nitrogen and oxygen atoms in total. The Labute approximate surface area is 78.1 Å². The lowest BCUT2D eigenvalue weighted by Gasteiger charge is -2.32. The number of halogens is 4. The normalized spacial score (nSPS) is 32.6. The zero-order chi connectivity index (χ0) is 11.0. The zero-order valence-corrected chi connectivity index (χ0v) is 7.31. The summed E-state index contributed by atoms with van der Waals surface area (Å²) in [6.45, 7) is 0.759. The molecule has 14 heavy (non-hydrogen) atoms. The van der Waals surface area contributed by atoms with Crippen molar-refractivity contribution in [3.63, 3.8) is 0 Å². The van der Waals surface area contributed by atoms with E-state index in [-0.39, 0.29) is 6.29 Å². The van der Waals surface area contributed by atoms with Gasteiger partial charge in [-0.05, 0) is 6.92 Å². The van der Waals surface area contributed by atoms with Crippen LogP contribution in [0.4, 0.5) is 17.6 Å². The SMILES string of the molecule is CC1(F)C(C=O)=CC=CC1C(F)(F)F. The number of allylic oxidation sites excluding steroid dienone is 4. The summed E-state index contributed by atoms with van der Waals surface area (Å²) in [4.78, 5) is 10.3. The first-order chi connectivity index (χ1) is 6.30. The maximum absolute atomic E-state index is 13.6. The minimum absolute atomic E-state index is 0.113. The van der Waals surface area contributed by atoms with Crippen molar-refractivity contribution in [2.24, 2.45) is 5.92 Å². The maximum Gasteiger partial charge on any atom is 0.398 e. The fourth-order valence-electron chi connectivity index (χ4n) is 1.36. The number of rotatable bonds is 1. The average Bonchev–Trinajstić information content (AvgIpc) is 2.00. The van der Waals surface area contributed by atoms with Crippen molar-refractivity contribution in [3.05, 3.63) is 23.8 Å². The van der Waals surface area contributed by atoms with Gasteiger partial charge in [0.1, 0.15) is 12.2 Å². The predicted octanol–water partition coefficient (Wildman–Crippen LogP) is 2.59. The van der Waals surface area contributed by atoms with Crippen molar-refractivity contribution in [2.45, 2.75) is 18.8 Å². The van der Waals surface area contributed by atoms with E-state index in [2.05, 4.69) is 0 Å². The number of aldehydes is 1. The van der Waals surface area contributed by atoms with E-state index in [1.807, 2.05) is 0 Å². The second kappa shape index (κ2) is 3.22. The largest absolute Gasteiger partial charge is 0.398 e. The van der Waals surface area contributed by atoms with Gasteiger partial charge in [0, 0.05) is 5.57 Å². The van der Waals surface area contributed by atoms with E-state index in [0.717, 1.165) is 19.1 Å². The van der Waals surface area contributed by atoms with E-state index in [4.69, 9.17) is 0 Å². The predicted molar refractivity (Wildman–Crippen MR) is 42.3 cm³/mol. The minimum atomic E-state index is -4.68. The van der Waals surface area contributed by atoms with Crippen LogP contribution in [0.15, 0.2) is 23.8 Å². The van der Waals surface area contributed by atoms with Crippen LogP contribution in [0.1, 0.15) is 6.92 Å². The molecule has 2 unspecified atom stereocenters. The summed E-state index contributed by atoms with van der Waals surface area (Å²) in [5, 5.41) is 0. The number of alkyl halides is 4. The molecule has 0 fully saturated rings. The molecule has 0 aromatic rings. The molecule has 0 aliphatic heterocycles. The smallest absolute Gasteiger partial charge is 0.298 e. The highest BCUT2D eigenvalue weighted by Crippen LogP contribution is 2.43. The molecular formula is C9H8F4O. The molecule has 0 saturated carbocycles. The van der Waals surface area contributed by atoms with Crippen LogP contribution < -0.4 is 0 Å². The van der Waals surface area contributed by atoms with Crippen molar-refractivity contribution in [3.8, 4) is 0 Å². The van der Waals surface area contributed by atoms with Crippen molar-refractivity contribution >= 4 is 6.29 Å². The fourth-order valence-corrected chi connectivity index (χ4v) is 1.36. The first-order valence-electron chi connectivity index (χ1n) is 3.90. The Morgan fingerprint density at radius 1 is 1.50 bits per heavy atom. The van der Waals surface area contributed by atoms with Gasteiger partial charge in [0.15, 0.2) is 5.67 Å². The average molecular weight is 208 g/mol. The van der Waals surface area contributed by atoms with Crippen LogP contribution in [0.25, 0.3) is 0 Å². The molecular weight excluding hydrogens is 200 g/mol. The summed E-state index contributed by atoms with van der Waals surface area (Å²) in [6, 6.07) is 0. The molecule has 0 aromatic carbocycles. The first kappa shape index (κ1) is 10.9. The molecule has 5 heteroatoms. The van der Waals surface area contributed by atoms with Gasteiger partial charge in [0.05, 0.1) is 0 Å². The number of carbonyl (C=O) groups is 1. The van der Waals surface area contributed by atoms with Gasteiger partial charge in [-0.1, -0.05) is 18.2 Å². The van der Waals surface area contributed by atoms with E-state index in [9.17, 15) is 22.4 Å². The molecule has 2 atom stereocenters. The summed E-state index contributed by atoms with van der Waals surface area (Å²) < 4.78 is 50.6. The Morgan fingerprint density at radius 3 is 2.50 bits per heavy atom. The van der Waals surface area contributed by atoms with Gasteiger partial charge in [0.2, 0.25) is 0 Å².